The number of benzene rings is 2. The predicted octanol–water partition coefficient (Wildman–Crippen LogP) is 4.88. The number of ether oxygens (including phenoxy) is 3. The van der Waals surface area contributed by atoms with Crippen molar-refractivity contribution in [3.8, 4) is 11.5 Å². The molecule has 1 atom stereocenters. The Morgan fingerprint density at radius 3 is 2.39 bits per heavy atom. The summed E-state index contributed by atoms with van der Waals surface area (Å²) in [4.78, 5) is 15.8. The van der Waals surface area contributed by atoms with Crippen LogP contribution >= 0.6 is 0 Å². The van der Waals surface area contributed by atoms with Crippen LogP contribution in [0.4, 0.5) is 4.39 Å². The van der Waals surface area contributed by atoms with E-state index in [0.29, 0.717) is 19.7 Å². The lowest BCUT2D eigenvalue weighted by Crippen LogP contribution is -2.52. The van der Waals surface area contributed by atoms with E-state index in [1.54, 1.807) is 25.3 Å². The lowest BCUT2D eigenvalue weighted by atomic mass is 9.76. The Morgan fingerprint density at radius 2 is 1.73 bits per heavy atom. The molecule has 3 fully saturated rings. The number of hydrogen-bond donors (Lipinski definition) is 0. The molecular formula is C27H32FNO4. The molecule has 176 valence electrons. The first-order chi connectivity index (χ1) is 16.0. The van der Waals surface area contributed by atoms with E-state index < -0.39 is 5.41 Å². The zero-order chi connectivity index (χ0) is 22.9. The Hall–Kier alpha value is -2.60. The molecule has 0 aromatic heterocycles. The normalized spacial score (nSPS) is 23.6. The van der Waals surface area contributed by atoms with Crippen molar-refractivity contribution in [1.82, 2.24) is 4.90 Å². The molecule has 1 unspecified atom stereocenters. The van der Waals surface area contributed by atoms with Gasteiger partial charge in [-0.15, -0.1) is 0 Å². The number of nitrogens with zero attached hydrogens (tertiary/aromatic N) is 1. The van der Waals surface area contributed by atoms with Crippen molar-refractivity contribution in [3.63, 3.8) is 0 Å². The van der Waals surface area contributed by atoms with Crippen molar-refractivity contribution in [3.05, 3.63) is 59.9 Å². The molecule has 2 heterocycles. The molecule has 2 saturated heterocycles. The molecule has 1 spiro atoms. The highest BCUT2D eigenvalue weighted by atomic mass is 19.1. The third kappa shape index (κ3) is 4.21. The van der Waals surface area contributed by atoms with E-state index in [0.717, 1.165) is 56.3 Å². The lowest BCUT2D eigenvalue weighted by Gasteiger charge is -2.42. The van der Waals surface area contributed by atoms with Crippen molar-refractivity contribution in [2.75, 3.05) is 26.8 Å². The minimum absolute atomic E-state index is 0.162. The maximum absolute atomic E-state index is 14.0. The van der Waals surface area contributed by atoms with E-state index in [4.69, 9.17) is 14.2 Å². The van der Waals surface area contributed by atoms with E-state index in [1.807, 2.05) is 17.0 Å². The summed E-state index contributed by atoms with van der Waals surface area (Å²) >= 11 is 0. The summed E-state index contributed by atoms with van der Waals surface area (Å²) in [6.45, 7) is 1.82. The molecule has 0 N–H and O–H groups in total. The fourth-order valence-corrected chi connectivity index (χ4v) is 5.88. The molecule has 0 bridgehead atoms. The van der Waals surface area contributed by atoms with Gasteiger partial charge in [-0.2, -0.15) is 0 Å². The topological polar surface area (TPSA) is 48.0 Å². The molecule has 3 aliphatic rings. The van der Waals surface area contributed by atoms with Crippen LogP contribution in [0.3, 0.4) is 0 Å². The zero-order valence-corrected chi connectivity index (χ0v) is 19.2. The molecule has 1 aliphatic carbocycles. The average Bonchev–Trinajstić information content (AvgIpc) is 3.49. The predicted molar refractivity (Wildman–Crippen MR) is 123 cm³/mol. The molecule has 5 rings (SSSR count). The number of hydrogen-bond acceptors (Lipinski definition) is 4. The summed E-state index contributed by atoms with van der Waals surface area (Å²) in [5.41, 5.74) is 0.390. The fraction of sp³-hybridized carbons (Fsp3) is 0.519. The first kappa shape index (κ1) is 22.2. The van der Waals surface area contributed by atoms with Crippen molar-refractivity contribution in [2.24, 2.45) is 0 Å². The zero-order valence-electron chi connectivity index (χ0n) is 19.2. The maximum Gasteiger partial charge on any atom is 0.233 e. The second-order valence-electron chi connectivity index (χ2n) is 9.68. The van der Waals surface area contributed by atoms with Crippen molar-refractivity contribution >= 4 is 5.91 Å². The van der Waals surface area contributed by atoms with E-state index in [9.17, 15) is 9.18 Å². The van der Waals surface area contributed by atoms with Gasteiger partial charge in [0.2, 0.25) is 5.91 Å². The number of likely N-dealkylation sites (tertiary alicyclic amines) is 1. The van der Waals surface area contributed by atoms with Gasteiger partial charge in [0, 0.05) is 19.5 Å². The summed E-state index contributed by atoms with van der Waals surface area (Å²) < 4.78 is 31.4. The Balaban J connectivity index is 1.24. The van der Waals surface area contributed by atoms with Crippen LogP contribution in [0, 0.1) is 5.82 Å². The number of carbonyl (C=O) groups is 1. The first-order valence-corrected chi connectivity index (χ1v) is 12.0. The Kier molecular flexibility index (Phi) is 6.04. The largest absolute Gasteiger partial charge is 0.497 e. The molecule has 1 saturated carbocycles. The van der Waals surface area contributed by atoms with Crippen LogP contribution in [0.5, 0.6) is 11.5 Å². The summed E-state index contributed by atoms with van der Waals surface area (Å²) in [6.07, 6.45) is 6.09. The van der Waals surface area contributed by atoms with Gasteiger partial charge >= 0.3 is 0 Å². The summed E-state index contributed by atoms with van der Waals surface area (Å²) in [5, 5.41) is 0. The molecule has 2 aromatic rings. The Bertz CT molecular complexity index is 978. The lowest BCUT2D eigenvalue weighted by molar-refractivity contribution is -0.142. The van der Waals surface area contributed by atoms with E-state index in [2.05, 4.69) is 12.1 Å². The average molecular weight is 454 g/mol. The number of para-hydroxylation sites is 1. The molecule has 2 aromatic carbocycles. The summed E-state index contributed by atoms with van der Waals surface area (Å²) in [6, 6.07) is 14.5. The summed E-state index contributed by atoms with van der Waals surface area (Å²) in [7, 11) is 1.66. The number of amides is 1. The molecular weight excluding hydrogens is 421 g/mol. The molecule has 33 heavy (non-hydrogen) atoms. The molecule has 2 aliphatic heterocycles. The van der Waals surface area contributed by atoms with Crippen molar-refractivity contribution < 1.29 is 23.4 Å². The SMILES string of the molecule is COc1ccc(C2(C(=O)N3CCC4(CC3)CC(Oc3ccccc3F)CO4)CCCC2)cc1. The van der Waals surface area contributed by atoms with Crippen LogP contribution in [0.15, 0.2) is 48.5 Å². The summed E-state index contributed by atoms with van der Waals surface area (Å²) in [5.74, 6) is 0.986. The smallest absolute Gasteiger partial charge is 0.233 e. The van der Waals surface area contributed by atoms with Gasteiger partial charge < -0.3 is 19.1 Å². The Labute approximate surface area is 194 Å². The second-order valence-corrected chi connectivity index (χ2v) is 9.68. The van der Waals surface area contributed by atoms with E-state index >= 15 is 0 Å². The molecule has 5 nitrogen and oxygen atoms in total. The standard InChI is InChI=1S/C27H32FNO4/c1-31-21-10-8-20(9-11-21)27(12-4-5-13-27)25(30)29-16-14-26(15-17-29)18-22(19-32-26)33-24-7-3-2-6-23(24)28/h2-3,6-11,22H,4-5,12-19H2,1H3. The van der Waals surface area contributed by atoms with Crippen LogP contribution in [-0.2, 0) is 14.9 Å². The van der Waals surface area contributed by atoms with Crippen LogP contribution < -0.4 is 9.47 Å². The van der Waals surface area contributed by atoms with Crippen LogP contribution in [0.2, 0.25) is 0 Å². The maximum atomic E-state index is 14.0. The van der Waals surface area contributed by atoms with Gasteiger partial charge in [0.1, 0.15) is 11.9 Å². The van der Waals surface area contributed by atoms with Gasteiger partial charge in [-0.25, -0.2) is 4.39 Å². The van der Waals surface area contributed by atoms with E-state index in [1.165, 1.54) is 6.07 Å². The second kappa shape index (κ2) is 8.98. The van der Waals surface area contributed by atoms with Gasteiger partial charge in [0.05, 0.1) is 24.7 Å². The third-order valence-electron chi connectivity index (χ3n) is 7.78. The van der Waals surface area contributed by atoms with Crippen molar-refractivity contribution in [2.45, 2.75) is 62.1 Å². The van der Waals surface area contributed by atoms with Gasteiger partial charge in [-0.1, -0.05) is 37.1 Å². The molecule has 6 heteroatoms. The van der Waals surface area contributed by atoms with Gasteiger partial charge in [0.25, 0.3) is 0 Å². The van der Waals surface area contributed by atoms with Gasteiger partial charge in [-0.3, -0.25) is 4.79 Å². The third-order valence-corrected chi connectivity index (χ3v) is 7.78. The minimum atomic E-state index is -0.427. The molecule has 1 amide bonds. The number of carbonyl (C=O) groups excluding carboxylic acids is 1. The van der Waals surface area contributed by atoms with Crippen LogP contribution in [0.25, 0.3) is 0 Å². The monoisotopic (exact) mass is 453 g/mol. The van der Waals surface area contributed by atoms with Gasteiger partial charge in [0.15, 0.2) is 11.6 Å². The molecule has 0 radical (unpaired) electrons. The first-order valence-electron chi connectivity index (χ1n) is 12.0. The number of methoxy groups -OCH3 is 1. The van der Waals surface area contributed by atoms with E-state index in [-0.39, 0.29) is 29.2 Å². The highest BCUT2D eigenvalue weighted by Gasteiger charge is 2.49. The number of halogens is 1. The number of piperidine rings is 1. The number of rotatable bonds is 5. The minimum Gasteiger partial charge on any atom is -0.497 e. The van der Waals surface area contributed by atoms with Crippen LogP contribution in [0.1, 0.15) is 50.5 Å². The Morgan fingerprint density at radius 1 is 1.03 bits per heavy atom. The van der Waals surface area contributed by atoms with Crippen molar-refractivity contribution in [1.29, 1.82) is 0 Å². The fourth-order valence-electron chi connectivity index (χ4n) is 5.88. The quantitative estimate of drug-likeness (QED) is 0.648. The van der Waals surface area contributed by atoms with Gasteiger partial charge in [-0.05, 0) is 55.5 Å². The highest BCUT2D eigenvalue weighted by Crippen LogP contribution is 2.45. The van der Waals surface area contributed by atoms with Crippen LogP contribution in [-0.4, -0.2) is 49.3 Å². The highest BCUT2D eigenvalue weighted by molar-refractivity contribution is 5.88.